The van der Waals surface area contributed by atoms with E-state index < -0.39 is 5.60 Å². The van der Waals surface area contributed by atoms with Crippen molar-refractivity contribution in [3.8, 4) is 0 Å². The molecule has 26 heavy (non-hydrogen) atoms. The lowest BCUT2D eigenvalue weighted by Crippen LogP contribution is -2.48. The van der Waals surface area contributed by atoms with Gasteiger partial charge in [0.05, 0.1) is 0 Å². The third kappa shape index (κ3) is 9.83. The summed E-state index contributed by atoms with van der Waals surface area (Å²) in [5.74, 6) is 1.85. The first-order valence-corrected chi connectivity index (χ1v) is 9.90. The first-order chi connectivity index (χ1) is 11.9. The number of aliphatic imine (C=N–C) groups is 1. The molecule has 3 N–H and O–H groups in total. The Morgan fingerprint density at radius 3 is 2.12 bits per heavy atom. The van der Waals surface area contributed by atoms with E-state index in [4.69, 9.17) is 9.73 Å². The van der Waals surface area contributed by atoms with Crippen molar-refractivity contribution in [2.75, 3.05) is 13.1 Å². The van der Waals surface area contributed by atoms with Crippen LogP contribution in [0, 0.1) is 5.92 Å². The second kappa shape index (κ2) is 11.2. The quantitative estimate of drug-likeness (QED) is 0.307. The van der Waals surface area contributed by atoms with Crippen LogP contribution >= 0.6 is 24.0 Å². The molecule has 7 heteroatoms. The number of hydrogen-bond acceptors (Lipinski definition) is 3. The van der Waals surface area contributed by atoms with Gasteiger partial charge in [0.15, 0.2) is 5.96 Å². The number of amides is 1. The average molecular weight is 480 g/mol. The minimum absolute atomic E-state index is 0. The molecule has 0 aromatic rings. The lowest BCUT2D eigenvalue weighted by molar-refractivity contribution is 0.0490. The standard InChI is InChI=1S/C19H36N4O2.HI/c1-5-20-17(21-13-12-14-6-7-14)22-15-8-10-16(11-9-15)23-18(24)25-19(2,3)4;/h14-16H,5-13H2,1-4H3,(H,23,24)(H2,20,21,22);1H. The van der Waals surface area contributed by atoms with E-state index in [1.165, 1.54) is 19.3 Å². The number of guanidine groups is 1. The van der Waals surface area contributed by atoms with Gasteiger partial charge in [0.2, 0.25) is 0 Å². The normalized spacial score (nSPS) is 23.6. The minimum atomic E-state index is -0.444. The van der Waals surface area contributed by atoms with Crippen LogP contribution in [0.15, 0.2) is 4.99 Å². The molecule has 0 unspecified atom stereocenters. The minimum Gasteiger partial charge on any atom is -0.444 e. The van der Waals surface area contributed by atoms with E-state index in [0.29, 0.717) is 6.04 Å². The summed E-state index contributed by atoms with van der Waals surface area (Å²) in [6.45, 7) is 9.55. The monoisotopic (exact) mass is 480 g/mol. The van der Waals surface area contributed by atoms with Crippen LogP contribution in [0.1, 0.15) is 72.6 Å². The zero-order chi connectivity index (χ0) is 18.3. The Bertz CT molecular complexity index is 453. The fourth-order valence-corrected chi connectivity index (χ4v) is 3.14. The van der Waals surface area contributed by atoms with E-state index in [1.54, 1.807) is 0 Å². The summed E-state index contributed by atoms with van der Waals surface area (Å²) in [5.41, 5.74) is -0.444. The van der Waals surface area contributed by atoms with Crippen molar-refractivity contribution in [3.05, 3.63) is 0 Å². The smallest absolute Gasteiger partial charge is 0.407 e. The topological polar surface area (TPSA) is 74.8 Å². The summed E-state index contributed by atoms with van der Waals surface area (Å²) in [7, 11) is 0. The maximum atomic E-state index is 11.9. The molecule has 2 aliphatic rings. The van der Waals surface area contributed by atoms with Gasteiger partial charge in [0, 0.05) is 25.2 Å². The molecule has 1 amide bonds. The molecule has 2 rings (SSSR count). The average Bonchev–Trinajstić information content (AvgIpc) is 3.31. The maximum absolute atomic E-state index is 11.9. The first-order valence-electron chi connectivity index (χ1n) is 9.90. The third-order valence-electron chi connectivity index (χ3n) is 4.64. The number of rotatable bonds is 6. The highest BCUT2D eigenvalue weighted by atomic mass is 127. The van der Waals surface area contributed by atoms with E-state index in [1.807, 2.05) is 20.8 Å². The number of carbonyl (C=O) groups is 1. The Morgan fingerprint density at radius 1 is 1.04 bits per heavy atom. The highest BCUT2D eigenvalue weighted by Gasteiger charge is 2.25. The summed E-state index contributed by atoms with van der Waals surface area (Å²) >= 11 is 0. The van der Waals surface area contributed by atoms with Crippen molar-refractivity contribution in [3.63, 3.8) is 0 Å². The first kappa shape index (κ1) is 23.3. The molecule has 0 aromatic carbocycles. The van der Waals surface area contributed by atoms with E-state index in [0.717, 1.165) is 50.7 Å². The van der Waals surface area contributed by atoms with Crippen molar-refractivity contribution in [2.24, 2.45) is 10.9 Å². The Balaban J connectivity index is 0.00000338. The van der Waals surface area contributed by atoms with E-state index in [-0.39, 0.29) is 36.1 Å². The highest BCUT2D eigenvalue weighted by molar-refractivity contribution is 14.0. The fraction of sp³-hybridized carbons (Fsp3) is 0.895. The van der Waals surface area contributed by atoms with E-state index in [2.05, 4.69) is 22.9 Å². The molecule has 2 saturated carbocycles. The molecule has 152 valence electrons. The molecule has 0 heterocycles. The predicted molar refractivity (Wildman–Crippen MR) is 117 cm³/mol. The summed E-state index contributed by atoms with van der Waals surface area (Å²) in [6, 6.07) is 0.637. The van der Waals surface area contributed by atoms with Crippen LogP contribution < -0.4 is 16.0 Å². The molecule has 0 atom stereocenters. The van der Waals surface area contributed by atoms with Crippen LogP contribution in [0.5, 0.6) is 0 Å². The van der Waals surface area contributed by atoms with Gasteiger partial charge < -0.3 is 20.7 Å². The van der Waals surface area contributed by atoms with Gasteiger partial charge in [-0.15, -0.1) is 24.0 Å². The molecule has 0 saturated heterocycles. The van der Waals surface area contributed by atoms with Gasteiger partial charge in [0.25, 0.3) is 0 Å². The summed E-state index contributed by atoms with van der Waals surface area (Å²) in [5, 5.41) is 9.89. The zero-order valence-electron chi connectivity index (χ0n) is 16.8. The van der Waals surface area contributed by atoms with Crippen LogP contribution in [-0.2, 0) is 4.74 Å². The van der Waals surface area contributed by atoms with Gasteiger partial charge in [-0.3, -0.25) is 4.99 Å². The van der Waals surface area contributed by atoms with Crippen LogP contribution in [-0.4, -0.2) is 42.8 Å². The van der Waals surface area contributed by atoms with E-state index in [9.17, 15) is 4.79 Å². The Labute approximate surface area is 175 Å². The number of hydrogen-bond donors (Lipinski definition) is 3. The predicted octanol–water partition coefficient (Wildman–Crippen LogP) is 3.80. The third-order valence-corrected chi connectivity index (χ3v) is 4.64. The molecule has 6 nitrogen and oxygen atoms in total. The molecule has 0 aliphatic heterocycles. The largest absolute Gasteiger partial charge is 0.444 e. The van der Waals surface area contributed by atoms with Crippen LogP contribution in [0.4, 0.5) is 4.79 Å². The Kier molecular flexibility index (Phi) is 10.0. The van der Waals surface area contributed by atoms with Gasteiger partial charge in [-0.25, -0.2) is 4.79 Å². The molecular formula is C19H37IN4O2. The SMILES string of the molecule is CCNC(=NCCC1CC1)NC1CCC(NC(=O)OC(C)(C)C)CC1.I. The van der Waals surface area contributed by atoms with Crippen LogP contribution in [0.2, 0.25) is 0 Å². The van der Waals surface area contributed by atoms with Gasteiger partial charge >= 0.3 is 6.09 Å². The Morgan fingerprint density at radius 2 is 1.62 bits per heavy atom. The lowest BCUT2D eigenvalue weighted by atomic mass is 9.91. The Hall–Kier alpha value is -0.730. The molecule has 0 radical (unpaired) electrons. The molecular weight excluding hydrogens is 443 g/mol. The number of ether oxygens (including phenoxy) is 1. The van der Waals surface area contributed by atoms with Crippen molar-refractivity contribution in [1.29, 1.82) is 0 Å². The fourth-order valence-electron chi connectivity index (χ4n) is 3.14. The second-order valence-electron chi connectivity index (χ2n) is 8.33. The van der Waals surface area contributed by atoms with Gasteiger partial charge in [-0.05, 0) is 65.7 Å². The summed E-state index contributed by atoms with van der Waals surface area (Å²) in [6.07, 6.45) is 7.68. The van der Waals surface area contributed by atoms with Gasteiger partial charge in [0.1, 0.15) is 5.60 Å². The number of alkyl carbamates (subject to hydrolysis) is 1. The second-order valence-corrected chi connectivity index (χ2v) is 8.33. The molecule has 0 bridgehead atoms. The van der Waals surface area contributed by atoms with Crippen LogP contribution in [0.3, 0.4) is 0 Å². The van der Waals surface area contributed by atoms with E-state index >= 15 is 0 Å². The summed E-state index contributed by atoms with van der Waals surface area (Å²) < 4.78 is 5.34. The number of nitrogens with one attached hydrogen (secondary N) is 3. The highest BCUT2D eigenvalue weighted by Crippen LogP contribution is 2.32. The van der Waals surface area contributed by atoms with Crippen molar-refractivity contribution in [2.45, 2.75) is 90.3 Å². The van der Waals surface area contributed by atoms with Gasteiger partial charge in [-0.2, -0.15) is 0 Å². The number of carbonyl (C=O) groups excluding carboxylic acids is 1. The van der Waals surface area contributed by atoms with Crippen molar-refractivity contribution < 1.29 is 9.53 Å². The van der Waals surface area contributed by atoms with Crippen LogP contribution in [0.25, 0.3) is 0 Å². The molecule has 0 aromatic heterocycles. The number of nitrogens with zero attached hydrogens (tertiary/aromatic N) is 1. The zero-order valence-corrected chi connectivity index (χ0v) is 19.1. The van der Waals surface area contributed by atoms with Crippen molar-refractivity contribution in [1.82, 2.24) is 16.0 Å². The number of halogens is 1. The lowest BCUT2D eigenvalue weighted by Gasteiger charge is -2.31. The summed E-state index contributed by atoms with van der Waals surface area (Å²) in [4.78, 5) is 16.6. The molecule has 2 aliphatic carbocycles. The molecule has 0 spiro atoms. The maximum Gasteiger partial charge on any atom is 0.407 e. The van der Waals surface area contributed by atoms with Gasteiger partial charge in [-0.1, -0.05) is 12.8 Å². The molecule has 2 fully saturated rings. The van der Waals surface area contributed by atoms with Crippen molar-refractivity contribution >= 4 is 36.0 Å².